The molecular formula is C18H19BrO2. The first-order valence-corrected chi connectivity index (χ1v) is 8.39. The van der Waals surface area contributed by atoms with E-state index in [0.717, 1.165) is 22.4 Å². The molecule has 3 heteroatoms. The lowest BCUT2D eigenvalue weighted by Gasteiger charge is -2.14. The molecule has 2 aromatic carbocycles. The predicted octanol–water partition coefficient (Wildman–Crippen LogP) is 4.66. The molecule has 2 aromatic rings. The molecule has 0 bridgehead atoms. The maximum Gasteiger partial charge on any atom is 0.165 e. The van der Waals surface area contributed by atoms with E-state index in [2.05, 4.69) is 40.2 Å². The number of fused-ring (bicyclic) bond motifs is 1. The highest BCUT2D eigenvalue weighted by molar-refractivity contribution is 9.08. The van der Waals surface area contributed by atoms with Crippen LogP contribution in [-0.2, 0) is 24.8 Å². The van der Waals surface area contributed by atoms with Crippen molar-refractivity contribution in [3.63, 3.8) is 0 Å². The molecule has 0 atom stereocenters. The van der Waals surface area contributed by atoms with Gasteiger partial charge >= 0.3 is 0 Å². The Kier molecular flexibility index (Phi) is 4.49. The lowest BCUT2D eigenvalue weighted by molar-refractivity contribution is 0.282. The van der Waals surface area contributed by atoms with Gasteiger partial charge in [-0.3, -0.25) is 0 Å². The number of methoxy groups -OCH3 is 1. The first kappa shape index (κ1) is 14.5. The van der Waals surface area contributed by atoms with E-state index < -0.39 is 0 Å². The number of hydrogen-bond donors (Lipinski definition) is 0. The van der Waals surface area contributed by atoms with Crippen LogP contribution in [0.25, 0.3) is 0 Å². The highest BCUT2D eigenvalue weighted by atomic mass is 79.9. The molecule has 0 unspecified atom stereocenters. The number of para-hydroxylation sites is 1. The Bertz CT molecular complexity index is 615. The number of alkyl halides is 1. The van der Waals surface area contributed by atoms with Gasteiger partial charge in [-0.15, -0.1) is 0 Å². The second-order valence-corrected chi connectivity index (χ2v) is 5.89. The summed E-state index contributed by atoms with van der Waals surface area (Å²) in [4.78, 5) is 0. The maximum absolute atomic E-state index is 6.04. The quantitative estimate of drug-likeness (QED) is 0.733. The van der Waals surface area contributed by atoms with Gasteiger partial charge in [-0.25, -0.2) is 0 Å². The van der Waals surface area contributed by atoms with E-state index in [1.165, 1.54) is 36.0 Å². The Morgan fingerprint density at radius 3 is 2.76 bits per heavy atom. The molecule has 1 aliphatic rings. The van der Waals surface area contributed by atoms with Crippen LogP contribution in [0.15, 0.2) is 36.4 Å². The average molecular weight is 347 g/mol. The second kappa shape index (κ2) is 6.52. The van der Waals surface area contributed by atoms with Crippen molar-refractivity contribution in [3.8, 4) is 11.5 Å². The number of ether oxygens (including phenoxy) is 2. The van der Waals surface area contributed by atoms with Crippen LogP contribution in [0, 0.1) is 0 Å². The van der Waals surface area contributed by atoms with Gasteiger partial charge in [0.05, 0.1) is 7.11 Å². The first-order valence-electron chi connectivity index (χ1n) is 7.27. The van der Waals surface area contributed by atoms with Crippen LogP contribution in [0.4, 0.5) is 0 Å². The fourth-order valence-corrected chi connectivity index (χ4v) is 3.30. The van der Waals surface area contributed by atoms with Gasteiger partial charge in [0, 0.05) is 10.9 Å². The SMILES string of the molecule is COc1cccc(CBr)c1OCc1ccc2c(c1)CCC2. The van der Waals surface area contributed by atoms with Crippen LogP contribution < -0.4 is 9.47 Å². The largest absolute Gasteiger partial charge is 0.493 e. The fourth-order valence-electron chi connectivity index (χ4n) is 2.86. The smallest absolute Gasteiger partial charge is 0.165 e. The van der Waals surface area contributed by atoms with Crippen molar-refractivity contribution in [2.24, 2.45) is 0 Å². The van der Waals surface area contributed by atoms with Crippen molar-refractivity contribution in [3.05, 3.63) is 58.7 Å². The molecule has 0 saturated carbocycles. The molecule has 21 heavy (non-hydrogen) atoms. The van der Waals surface area contributed by atoms with E-state index in [4.69, 9.17) is 9.47 Å². The minimum atomic E-state index is 0.577. The van der Waals surface area contributed by atoms with Gasteiger partial charge in [0.25, 0.3) is 0 Å². The van der Waals surface area contributed by atoms with Crippen molar-refractivity contribution in [1.82, 2.24) is 0 Å². The van der Waals surface area contributed by atoms with Gasteiger partial charge in [-0.1, -0.05) is 46.3 Å². The number of rotatable bonds is 5. The van der Waals surface area contributed by atoms with E-state index in [1.807, 2.05) is 12.1 Å². The van der Waals surface area contributed by atoms with Crippen LogP contribution in [0.1, 0.15) is 28.7 Å². The normalized spacial score (nSPS) is 13.0. The van der Waals surface area contributed by atoms with Gasteiger partial charge in [0.2, 0.25) is 0 Å². The Hall–Kier alpha value is -1.48. The van der Waals surface area contributed by atoms with E-state index in [0.29, 0.717) is 6.61 Å². The number of hydrogen-bond acceptors (Lipinski definition) is 2. The van der Waals surface area contributed by atoms with E-state index in [-0.39, 0.29) is 0 Å². The highest BCUT2D eigenvalue weighted by Crippen LogP contribution is 2.33. The summed E-state index contributed by atoms with van der Waals surface area (Å²) in [6.07, 6.45) is 3.70. The standard InChI is InChI=1S/C18H19BrO2/c1-20-17-7-3-6-16(11-19)18(17)21-12-13-8-9-14-4-2-5-15(14)10-13/h3,6-10H,2,4-5,11-12H2,1H3. The van der Waals surface area contributed by atoms with Crippen LogP contribution in [-0.4, -0.2) is 7.11 Å². The Morgan fingerprint density at radius 1 is 1.10 bits per heavy atom. The van der Waals surface area contributed by atoms with Crippen LogP contribution in [0.3, 0.4) is 0 Å². The molecule has 0 heterocycles. The molecule has 0 spiro atoms. The molecule has 0 fully saturated rings. The Labute approximate surface area is 134 Å². The van der Waals surface area contributed by atoms with Gasteiger partial charge in [0.15, 0.2) is 11.5 Å². The Balaban J connectivity index is 1.78. The van der Waals surface area contributed by atoms with E-state index >= 15 is 0 Å². The summed E-state index contributed by atoms with van der Waals surface area (Å²) in [6, 6.07) is 12.7. The monoisotopic (exact) mass is 346 g/mol. The number of benzene rings is 2. The van der Waals surface area contributed by atoms with E-state index in [1.54, 1.807) is 7.11 Å². The maximum atomic E-state index is 6.04. The third kappa shape index (κ3) is 3.08. The fraction of sp³-hybridized carbons (Fsp3) is 0.333. The van der Waals surface area contributed by atoms with Crippen molar-refractivity contribution < 1.29 is 9.47 Å². The van der Waals surface area contributed by atoms with Crippen LogP contribution in [0.2, 0.25) is 0 Å². The van der Waals surface area contributed by atoms with Gasteiger partial charge in [0.1, 0.15) is 6.61 Å². The number of aryl methyl sites for hydroxylation is 2. The molecular weight excluding hydrogens is 328 g/mol. The van der Waals surface area contributed by atoms with Crippen molar-refractivity contribution in [1.29, 1.82) is 0 Å². The number of halogens is 1. The van der Waals surface area contributed by atoms with Crippen molar-refractivity contribution in [2.75, 3.05) is 7.11 Å². The molecule has 0 aromatic heterocycles. The molecule has 2 nitrogen and oxygen atoms in total. The molecule has 0 aliphatic heterocycles. The summed E-state index contributed by atoms with van der Waals surface area (Å²) in [5.74, 6) is 1.62. The van der Waals surface area contributed by atoms with Crippen molar-refractivity contribution >= 4 is 15.9 Å². The molecule has 0 N–H and O–H groups in total. The average Bonchev–Trinajstić information content (AvgIpc) is 3.00. The molecule has 0 saturated heterocycles. The molecule has 110 valence electrons. The van der Waals surface area contributed by atoms with Gasteiger partial charge < -0.3 is 9.47 Å². The molecule has 0 radical (unpaired) electrons. The second-order valence-electron chi connectivity index (χ2n) is 5.33. The zero-order valence-electron chi connectivity index (χ0n) is 12.2. The Morgan fingerprint density at radius 2 is 1.95 bits per heavy atom. The van der Waals surface area contributed by atoms with Gasteiger partial charge in [-0.2, -0.15) is 0 Å². The lowest BCUT2D eigenvalue weighted by atomic mass is 10.1. The minimum Gasteiger partial charge on any atom is -0.493 e. The van der Waals surface area contributed by atoms with E-state index in [9.17, 15) is 0 Å². The molecule has 3 rings (SSSR count). The highest BCUT2D eigenvalue weighted by Gasteiger charge is 2.13. The minimum absolute atomic E-state index is 0.577. The third-order valence-corrected chi connectivity index (χ3v) is 4.57. The first-order chi connectivity index (χ1) is 10.3. The summed E-state index contributed by atoms with van der Waals surface area (Å²) >= 11 is 3.50. The van der Waals surface area contributed by atoms with Crippen LogP contribution in [0.5, 0.6) is 11.5 Å². The van der Waals surface area contributed by atoms with Gasteiger partial charge in [-0.05, 0) is 42.0 Å². The topological polar surface area (TPSA) is 18.5 Å². The molecule has 1 aliphatic carbocycles. The lowest BCUT2D eigenvalue weighted by Crippen LogP contribution is -2.01. The molecule has 0 amide bonds. The third-order valence-electron chi connectivity index (χ3n) is 3.97. The summed E-state index contributed by atoms with van der Waals surface area (Å²) in [5, 5.41) is 0.754. The summed E-state index contributed by atoms with van der Waals surface area (Å²) in [7, 11) is 1.68. The summed E-state index contributed by atoms with van der Waals surface area (Å²) in [5.41, 5.74) is 5.31. The van der Waals surface area contributed by atoms with Crippen molar-refractivity contribution in [2.45, 2.75) is 31.2 Å². The summed E-state index contributed by atoms with van der Waals surface area (Å²) < 4.78 is 11.4. The van der Waals surface area contributed by atoms with Crippen LogP contribution >= 0.6 is 15.9 Å². The predicted molar refractivity (Wildman–Crippen MR) is 88.4 cm³/mol. The summed E-state index contributed by atoms with van der Waals surface area (Å²) in [6.45, 7) is 0.577. The zero-order chi connectivity index (χ0) is 14.7. The zero-order valence-corrected chi connectivity index (χ0v) is 13.8.